The van der Waals surface area contributed by atoms with Crippen LogP contribution in [0, 0.1) is 0 Å². The number of hydrogen-bond donors (Lipinski definition) is 1. The molecule has 0 bridgehead atoms. The molecule has 0 spiro atoms. The molecule has 1 fully saturated rings. The van der Waals surface area contributed by atoms with Gasteiger partial charge in [0, 0.05) is 0 Å². The van der Waals surface area contributed by atoms with Crippen LogP contribution in [0.15, 0.2) is 24.3 Å². The second-order valence-corrected chi connectivity index (χ2v) is 4.14. The first-order valence-electron chi connectivity index (χ1n) is 5.86. The second-order valence-electron chi connectivity index (χ2n) is 4.14. The topological polar surface area (TPSA) is 66.8 Å². The summed E-state index contributed by atoms with van der Waals surface area (Å²) in [5.41, 5.74) is 0.918. The van der Waals surface area contributed by atoms with Crippen molar-refractivity contribution < 1.29 is 19.4 Å². The molecule has 1 aliphatic rings. The number of carbonyl (C=O) groups excluding carboxylic acids is 1. The van der Waals surface area contributed by atoms with Gasteiger partial charge in [0.25, 0.3) is 0 Å². The van der Waals surface area contributed by atoms with E-state index in [-0.39, 0.29) is 18.5 Å². The Kier molecular flexibility index (Phi) is 3.50. The van der Waals surface area contributed by atoms with E-state index in [0.717, 1.165) is 11.3 Å². The highest BCUT2D eigenvalue weighted by atomic mass is 16.5. The Labute approximate surface area is 105 Å². The maximum atomic E-state index is 11.4. The van der Waals surface area contributed by atoms with Gasteiger partial charge in [-0.2, -0.15) is 0 Å². The average molecular weight is 249 g/mol. The van der Waals surface area contributed by atoms with E-state index in [1.807, 2.05) is 31.2 Å². The van der Waals surface area contributed by atoms with Gasteiger partial charge in [-0.1, -0.05) is 12.1 Å². The van der Waals surface area contributed by atoms with E-state index in [0.29, 0.717) is 13.0 Å². The van der Waals surface area contributed by atoms with Crippen LogP contribution in [0.1, 0.15) is 24.9 Å². The smallest absolute Gasteiger partial charge is 0.323 e. The van der Waals surface area contributed by atoms with Gasteiger partial charge >= 0.3 is 5.97 Å². The number of aliphatic carboxylic acids is 1. The monoisotopic (exact) mass is 249 g/mol. The van der Waals surface area contributed by atoms with Crippen molar-refractivity contribution in [3.8, 4) is 5.75 Å². The number of nitrogens with zero attached hydrogens (tertiary/aromatic N) is 1. The number of hydrogen-bond acceptors (Lipinski definition) is 3. The summed E-state index contributed by atoms with van der Waals surface area (Å²) >= 11 is 0. The van der Waals surface area contributed by atoms with Crippen LogP contribution < -0.4 is 4.74 Å². The minimum Gasteiger partial charge on any atom is -0.494 e. The van der Waals surface area contributed by atoms with Gasteiger partial charge in [0.05, 0.1) is 19.1 Å². The summed E-state index contributed by atoms with van der Waals surface area (Å²) in [5.74, 6) is -0.372. The molecule has 1 aromatic carbocycles. The Bertz CT molecular complexity index is 472. The lowest BCUT2D eigenvalue weighted by atomic mass is 9.94. The third kappa shape index (κ3) is 2.45. The largest absolute Gasteiger partial charge is 0.494 e. The third-order valence-corrected chi connectivity index (χ3v) is 2.92. The van der Waals surface area contributed by atoms with Crippen LogP contribution in [0.25, 0.3) is 0 Å². The number of carbonyl (C=O) groups is 2. The van der Waals surface area contributed by atoms with E-state index < -0.39 is 5.97 Å². The van der Waals surface area contributed by atoms with Gasteiger partial charge in [-0.15, -0.1) is 0 Å². The Balaban J connectivity index is 2.13. The summed E-state index contributed by atoms with van der Waals surface area (Å²) in [7, 11) is 0. The van der Waals surface area contributed by atoms with Gasteiger partial charge in [-0.25, -0.2) is 0 Å². The summed E-state index contributed by atoms with van der Waals surface area (Å²) in [6, 6.07) is 7.29. The molecule has 0 aromatic heterocycles. The van der Waals surface area contributed by atoms with Crippen molar-refractivity contribution in [2.45, 2.75) is 19.4 Å². The fourth-order valence-electron chi connectivity index (χ4n) is 2.07. The van der Waals surface area contributed by atoms with Crippen LogP contribution >= 0.6 is 0 Å². The number of benzene rings is 1. The minimum absolute atomic E-state index is 0.121. The molecule has 1 N–H and O–H groups in total. The Hall–Kier alpha value is -2.04. The summed E-state index contributed by atoms with van der Waals surface area (Å²) in [5, 5.41) is 8.75. The average Bonchev–Trinajstić information content (AvgIpc) is 2.34. The van der Waals surface area contributed by atoms with Gasteiger partial charge in [0.1, 0.15) is 12.3 Å². The van der Waals surface area contributed by atoms with Crippen LogP contribution in [0.3, 0.4) is 0 Å². The predicted octanol–water partition coefficient (Wildman–Crippen LogP) is 1.44. The normalized spacial score (nSPS) is 18.4. The first-order chi connectivity index (χ1) is 8.61. The van der Waals surface area contributed by atoms with Crippen molar-refractivity contribution in [1.29, 1.82) is 0 Å². The molecule has 0 saturated carbocycles. The molecular weight excluding hydrogens is 234 g/mol. The first kappa shape index (κ1) is 12.4. The number of likely N-dealkylation sites (tertiary alicyclic amines) is 1. The predicted molar refractivity (Wildman–Crippen MR) is 64.3 cm³/mol. The standard InChI is InChI=1S/C13H15NO4/c1-2-18-10-5-3-4-9(6-10)11-7-12(15)14(11)8-13(16)17/h3-6,11H,2,7-8H2,1H3,(H,16,17). The molecular formula is C13H15NO4. The minimum atomic E-state index is -0.992. The van der Waals surface area contributed by atoms with E-state index in [4.69, 9.17) is 9.84 Å². The van der Waals surface area contributed by atoms with Crippen molar-refractivity contribution in [3.05, 3.63) is 29.8 Å². The van der Waals surface area contributed by atoms with Gasteiger partial charge in [0.15, 0.2) is 0 Å². The molecule has 1 atom stereocenters. The second kappa shape index (κ2) is 5.08. The van der Waals surface area contributed by atoms with Crippen molar-refractivity contribution in [1.82, 2.24) is 4.90 Å². The number of ether oxygens (including phenoxy) is 1. The van der Waals surface area contributed by atoms with Gasteiger partial charge < -0.3 is 14.7 Å². The highest BCUT2D eigenvalue weighted by molar-refractivity contribution is 5.87. The zero-order valence-corrected chi connectivity index (χ0v) is 10.1. The quantitative estimate of drug-likeness (QED) is 0.802. The molecule has 1 aromatic rings. The molecule has 1 saturated heterocycles. The molecule has 96 valence electrons. The Morgan fingerprint density at radius 1 is 1.56 bits per heavy atom. The van der Waals surface area contributed by atoms with Crippen LogP contribution in [-0.2, 0) is 9.59 Å². The summed E-state index contributed by atoms with van der Waals surface area (Å²) in [6.07, 6.45) is 0.364. The van der Waals surface area contributed by atoms with Gasteiger partial charge in [0.2, 0.25) is 5.91 Å². The fourth-order valence-corrected chi connectivity index (χ4v) is 2.07. The molecule has 0 radical (unpaired) electrons. The van der Waals surface area contributed by atoms with E-state index in [9.17, 15) is 9.59 Å². The van der Waals surface area contributed by atoms with Crippen LogP contribution in [-0.4, -0.2) is 35.0 Å². The molecule has 1 unspecified atom stereocenters. The lowest BCUT2D eigenvalue weighted by Crippen LogP contribution is -2.48. The summed E-state index contributed by atoms with van der Waals surface area (Å²) in [4.78, 5) is 23.4. The lowest BCUT2D eigenvalue weighted by Gasteiger charge is -2.39. The van der Waals surface area contributed by atoms with Gasteiger partial charge in [-0.05, 0) is 24.6 Å². The first-order valence-corrected chi connectivity index (χ1v) is 5.86. The number of carboxylic acids is 1. The molecule has 18 heavy (non-hydrogen) atoms. The number of amides is 1. The molecule has 1 amide bonds. The van der Waals surface area contributed by atoms with Crippen LogP contribution in [0.4, 0.5) is 0 Å². The fraction of sp³-hybridized carbons (Fsp3) is 0.385. The zero-order valence-electron chi connectivity index (χ0n) is 10.1. The summed E-state index contributed by atoms with van der Waals surface area (Å²) in [6.45, 7) is 2.23. The van der Waals surface area contributed by atoms with Crippen LogP contribution in [0.5, 0.6) is 5.75 Å². The van der Waals surface area contributed by atoms with Crippen molar-refractivity contribution in [2.75, 3.05) is 13.2 Å². The SMILES string of the molecule is CCOc1cccc(C2CC(=O)N2CC(=O)O)c1. The lowest BCUT2D eigenvalue weighted by molar-refractivity contribution is -0.155. The number of rotatable bonds is 5. The van der Waals surface area contributed by atoms with Gasteiger partial charge in [-0.3, -0.25) is 9.59 Å². The highest BCUT2D eigenvalue weighted by Gasteiger charge is 2.38. The van der Waals surface area contributed by atoms with Crippen molar-refractivity contribution in [2.24, 2.45) is 0 Å². The maximum Gasteiger partial charge on any atom is 0.323 e. The molecule has 5 heteroatoms. The number of carboxylic acid groups (broad SMARTS) is 1. The van der Waals surface area contributed by atoms with Crippen LogP contribution in [0.2, 0.25) is 0 Å². The molecule has 1 aliphatic heterocycles. The van der Waals surface area contributed by atoms with E-state index in [2.05, 4.69) is 0 Å². The molecule has 1 heterocycles. The van der Waals surface area contributed by atoms with E-state index in [1.165, 1.54) is 4.90 Å². The van der Waals surface area contributed by atoms with Crippen molar-refractivity contribution >= 4 is 11.9 Å². The highest BCUT2D eigenvalue weighted by Crippen LogP contribution is 2.35. The number of β-lactam (4-membered cyclic amide) rings is 1. The Morgan fingerprint density at radius 3 is 2.94 bits per heavy atom. The van der Waals surface area contributed by atoms with Crippen molar-refractivity contribution in [3.63, 3.8) is 0 Å². The zero-order chi connectivity index (χ0) is 13.1. The Morgan fingerprint density at radius 2 is 2.33 bits per heavy atom. The molecule has 5 nitrogen and oxygen atoms in total. The molecule has 0 aliphatic carbocycles. The third-order valence-electron chi connectivity index (χ3n) is 2.92. The molecule has 2 rings (SSSR count). The van der Waals surface area contributed by atoms with E-state index in [1.54, 1.807) is 0 Å². The van der Waals surface area contributed by atoms with E-state index >= 15 is 0 Å². The summed E-state index contributed by atoms with van der Waals surface area (Å²) < 4.78 is 5.39. The maximum absolute atomic E-state index is 11.4.